The number of hydrogen-bond acceptors (Lipinski definition) is 3. The van der Waals surface area contributed by atoms with Gasteiger partial charge in [0.15, 0.2) is 5.76 Å². The molecule has 3 nitrogen and oxygen atoms in total. The summed E-state index contributed by atoms with van der Waals surface area (Å²) in [5.74, 6) is 0.0556. The molecule has 0 bridgehead atoms. The monoisotopic (exact) mass is 156 g/mol. The van der Waals surface area contributed by atoms with Gasteiger partial charge >= 0.3 is 0 Å². The summed E-state index contributed by atoms with van der Waals surface area (Å²) < 4.78 is 4.86. The molecule has 3 heteroatoms. The first-order valence-corrected chi connectivity index (χ1v) is 3.63. The van der Waals surface area contributed by atoms with Gasteiger partial charge in [0.1, 0.15) is 6.10 Å². The molecule has 0 amide bonds. The Bertz CT molecular complexity index is 205. The Morgan fingerprint density at radius 3 is 2.73 bits per heavy atom. The van der Waals surface area contributed by atoms with Gasteiger partial charge < -0.3 is 9.84 Å². The van der Waals surface area contributed by atoms with Crippen LogP contribution >= 0.6 is 0 Å². The molecule has 0 aromatic heterocycles. The molecule has 0 aliphatic heterocycles. The number of ketones is 1. The number of ether oxygens (including phenoxy) is 1. The fourth-order valence-electron chi connectivity index (χ4n) is 1.23. The van der Waals surface area contributed by atoms with Gasteiger partial charge in [0, 0.05) is 0 Å². The third-order valence-corrected chi connectivity index (χ3v) is 1.91. The number of methoxy groups -OCH3 is 1. The summed E-state index contributed by atoms with van der Waals surface area (Å²) in [7, 11) is 1.45. The summed E-state index contributed by atoms with van der Waals surface area (Å²) >= 11 is 0. The second-order valence-corrected chi connectivity index (χ2v) is 2.73. The van der Waals surface area contributed by atoms with Gasteiger partial charge in [-0.1, -0.05) is 0 Å². The Morgan fingerprint density at radius 2 is 2.27 bits per heavy atom. The number of allylic oxidation sites excluding steroid dienone is 1. The van der Waals surface area contributed by atoms with Gasteiger partial charge in [-0.3, -0.25) is 4.79 Å². The summed E-state index contributed by atoms with van der Waals surface area (Å²) in [5.41, 5.74) is 0.933. The van der Waals surface area contributed by atoms with Crippen molar-refractivity contribution in [2.45, 2.75) is 25.9 Å². The topological polar surface area (TPSA) is 46.5 Å². The number of carbonyl (C=O) groups is 1. The molecule has 1 aliphatic carbocycles. The van der Waals surface area contributed by atoms with Gasteiger partial charge in [-0.15, -0.1) is 0 Å². The highest BCUT2D eigenvalue weighted by Gasteiger charge is 2.26. The first kappa shape index (κ1) is 8.27. The molecular weight excluding hydrogens is 144 g/mol. The molecule has 1 rings (SSSR count). The van der Waals surface area contributed by atoms with Crippen molar-refractivity contribution in [1.82, 2.24) is 0 Å². The third kappa shape index (κ3) is 1.43. The van der Waals surface area contributed by atoms with E-state index in [1.807, 2.05) is 6.92 Å². The zero-order valence-electron chi connectivity index (χ0n) is 6.76. The van der Waals surface area contributed by atoms with Crippen LogP contribution < -0.4 is 0 Å². The Labute approximate surface area is 65.7 Å². The van der Waals surface area contributed by atoms with Crippen LogP contribution in [0.3, 0.4) is 0 Å². The van der Waals surface area contributed by atoms with E-state index in [0.29, 0.717) is 12.2 Å². The van der Waals surface area contributed by atoms with Crippen LogP contribution in [-0.4, -0.2) is 24.1 Å². The number of aliphatic hydroxyl groups is 1. The van der Waals surface area contributed by atoms with Gasteiger partial charge in [0.2, 0.25) is 5.78 Å². The summed E-state index contributed by atoms with van der Waals surface area (Å²) in [6.45, 7) is 1.85. The van der Waals surface area contributed by atoms with E-state index >= 15 is 0 Å². The van der Waals surface area contributed by atoms with E-state index in [-0.39, 0.29) is 5.78 Å². The molecule has 1 atom stereocenters. The predicted octanol–water partition coefficient (Wildman–Crippen LogP) is 0.631. The molecule has 11 heavy (non-hydrogen) atoms. The SMILES string of the molecule is COC1=C(C)CCC(O)C1=O. The molecular formula is C8H12O3. The molecule has 1 aliphatic rings. The number of aliphatic hydroxyl groups excluding tert-OH is 1. The van der Waals surface area contributed by atoms with Crippen LogP contribution in [0.4, 0.5) is 0 Å². The Kier molecular flexibility index (Phi) is 2.29. The lowest BCUT2D eigenvalue weighted by Gasteiger charge is -2.19. The van der Waals surface area contributed by atoms with Gasteiger partial charge in [-0.2, -0.15) is 0 Å². The van der Waals surface area contributed by atoms with Crippen molar-refractivity contribution < 1.29 is 14.6 Å². The van der Waals surface area contributed by atoms with Gasteiger partial charge in [-0.25, -0.2) is 0 Å². The van der Waals surface area contributed by atoms with Crippen LogP contribution in [0.25, 0.3) is 0 Å². The van der Waals surface area contributed by atoms with Crippen LogP contribution in [0.5, 0.6) is 0 Å². The average molecular weight is 156 g/mol. The highest BCUT2D eigenvalue weighted by atomic mass is 16.5. The van der Waals surface area contributed by atoms with Gasteiger partial charge in [0.25, 0.3) is 0 Å². The van der Waals surface area contributed by atoms with E-state index in [1.54, 1.807) is 0 Å². The van der Waals surface area contributed by atoms with Crippen LogP contribution in [0.1, 0.15) is 19.8 Å². The lowest BCUT2D eigenvalue weighted by atomic mass is 9.95. The average Bonchev–Trinajstić information content (AvgIpc) is 1.99. The molecule has 0 aromatic rings. The zero-order chi connectivity index (χ0) is 8.43. The van der Waals surface area contributed by atoms with Crippen molar-refractivity contribution in [2.24, 2.45) is 0 Å². The number of Topliss-reactive ketones (excluding diaryl/α,β-unsaturated/α-hetero) is 1. The predicted molar refractivity (Wildman–Crippen MR) is 40.0 cm³/mol. The molecule has 0 radical (unpaired) electrons. The minimum atomic E-state index is -0.853. The molecule has 0 saturated heterocycles. The minimum absolute atomic E-state index is 0.281. The number of hydrogen-bond donors (Lipinski definition) is 1. The maximum atomic E-state index is 11.1. The van der Waals surface area contributed by atoms with Gasteiger partial charge in [-0.05, 0) is 25.3 Å². The van der Waals surface area contributed by atoms with Crippen LogP contribution in [0.2, 0.25) is 0 Å². The normalized spacial score (nSPS) is 25.7. The second kappa shape index (κ2) is 3.05. The summed E-state index contributed by atoms with van der Waals surface area (Å²) in [5, 5.41) is 9.13. The van der Waals surface area contributed by atoms with Crippen molar-refractivity contribution in [1.29, 1.82) is 0 Å². The lowest BCUT2D eigenvalue weighted by Crippen LogP contribution is -2.27. The van der Waals surface area contributed by atoms with Crippen LogP contribution in [0.15, 0.2) is 11.3 Å². The third-order valence-electron chi connectivity index (χ3n) is 1.91. The van der Waals surface area contributed by atoms with E-state index in [4.69, 9.17) is 9.84 Å². The molecule has 0 heterocycles. The Morgan fingerprint density at radius 1 is 1.64 bits per heavy atom. The van der Waals surface area contributed by atoms with Crippen LogP contribution in [-0.2, 0) is 9.53 Å². The fraction of sp³-hybridized carbons (Fsp3) is 0.625. The van der Waals surface area contributed by atoms with E-state index in [9.17, 15) is 4.79 Å². The number of carbonyl (C=O) groups excluding carboxylic acids is 1. The summed E-state index contributed by atoms with van der Waals surface area (Å²) in [4.78, 5) is 11.1. The molecule has 0 fully saturated rings. The maximum absolute atomic E-state index is 11.1. The quantitative estimate of drug-likeness (QED) is 0.605. The van der Waals surface area contributed by atoms with Crippen molar-refractivity contribution in [2.75, 3.05) is 7.11 Å². The highest BCUT2D eigenvalue weighted by molar-refractivity contribution is 5.98. The number of rotatable bonds is 1. The zero-order valence-corrected chi connectivity index (χ0v) is 6.76. The minimum Gasteiger partial charge on any atom is -0.493 e. The van der Waals surface area contributed by atoms with E-state index in [0.717, 1.165) is 12.0 Å². The summed E-state index contributed by atoms with van der Waals surface area (Å²) in [6, 6.07) is 0. The second-order valence-electron chi connectivity index (χ2n) is 2.73. The van der Waals surface area contributed by atoms with Crippen LogP contribution in [0, 0.1) is 0 Å². The van der Waals surface area contributed by atoms with E-state index in [2.05, 4.69) is 0 Å². The first-order chi connectivity index (χ1) is 5.16. The molecule has 1 unspecified atom stereocenters. The van der Waals surface area contributed by atoms with Gasteiger partial charge in [0.05, 0.1) is 7.11 Å². The van der Waals surface area contributed by atoms with E-state index < -0.39 is 6.10 Å². The maximum Gasteiger partial charge on any atom is 0.225 e. The molecule has 0 spiro atoms. The fourth-order valence-corrected chi connectivity index (χ4v) is 1.23. The highest BCUT2D eigenvalue weighted by Crippen LogP contribution is 2.21. The van der Waals surface area contributed by atoms with Crippen molar-refractivity contribution in [3.05, 3.63) is 11.3 Å². The van der Waals surface area contributed by atoms with Crippen molar-refractivity contribution >= 4 is 5.78 Å². The largest absolute Gasteiger partial charge is 0.493 e. The van der Waals surface area contributed by atoms with Crippen molar-refractivity contribution in [3.8, 4) is 0 Å². The summed E-state index contributed by atoms with van der Waals surface area (Å²) in [6.07, 6.45) is 0.418. The Balaban J connectivity index is 2.89. The molecule has 1 N–H and O–H groups in total. The lowest BCUT2D eigenvalue weighted by molar-refractivity contribution is -0.127. The first-order valence-electron chi connectivity index (χ1n) is 3.63. The molecule has 62 valence electrons. The molecule has 0 aromatic carbocycles. The smallest absolute Gasteiger partial charge is 0.225 e. The Hall–Kier alpha value is -0.830. The standard InChI is InChI=1S/C8H12O3/c1-5-3-4-6(9)7(10)8(5)11-2/h6,9H,3-4H2,1-2H3. The van der Waals surface area contributed by atoms with E-state index in [1.165, 1.54) is 7.11 Å². The molecule has 0 saturated carbocycles. The van der Waals surface area contributed by atoms with Crippen molar-refractivity contribution in [3.63, 3.8) is 0 Å².